The van der Waals surface area contributed by atoms with Crippen LogP contribution in [0.15, 0.2) is 30.5 Å². The Morgan fingerprint density at radius 1 is 1.03 bits per heavy atom. The number of piperazine rings is 1. The average molecular weight is 473 g/mol. The number of hydrogen-bond acceptors (Lipinski definition) is 6. The van der Waals surface area contributed by atoms with E-state index < -0.39 is 11.8 Å². The van der Waals surface area contributed by atoms with E-state index in [9.17, 15) is 18.8 Å². The Balaban J connectivity index is 1.22. The molecule has 0 atom stereocenters. The standard InChI is InChI=1S/C22H22ClFN6O3/c23-17-3-5-25-20(19(17)24)28-9-7-27(8-10-28)12-14-1-2-16-15(11-14)13-30(21(16)32)29-6-4-18(31)26-22(29)33/h1-3,5,11H,4,6-10,12-13H2,(H,26,31,33). The van der Waals surface area contributed by atoms with Gasteiger partial charge in [0.25, 0.3) is 5.91 Å². The lowest BCUT2D eigenvalue weighted by atomic mass is 10.1. The molecule has 1 N–H and O–H groups in total. The Morgan fingerprint density at radius 2 is 1.82 bits per heavy atom. The van der Waals surface area contributed by atoms with Crippen molar-refractivity contribution in [1.29, 1.82) is 0 Å². The number of anilines is 1. The second kappa shape index (κ2) is 8.60. The summed E-state index contributed by atoms with van der Waals surface area (Å²) in [5, 5.41) is 5.00. The maximum atomic E-state index is 14.3. The van der Waals surface area contributed by atoms with Crippen LogP contribution < -0.4 is 10.2 Å². The van der Waals surface area contributed by atoms with Crippen molar-refractivity contribution >= 4 is 35.3 Å². The van der Waals surface area contributed by atoms with Crippen LogP contribution in [0.5, 0.6) is 0 Å². The number of hydrogen-bond donors (Lipinski definition) is 1. The van der Waals surface area contributed by atoms with E-state index in [2.05, 4.69) is 15.2 Å². The van der Waals surface area contributed by atoms with Gasteiger partial charge in [0.2, 0.25) is 5.91 Å². The van der Waals surface area contributed by atoms with Crippen LogP contribution in [0.3, 0.4) is 0 Å². The molecule has 0 aliphatic carbocycles. The Kier molecular flexibility index (Phi) is 5.63. The van der Waals surface area contributed by atoms with Crippen molar-refractivity contribution in [2.45, 2.75) is 19.5 Å². The molecular formula is C22H22ClFN6O3. The van der Waals surface area contributed by atoms with Crippen molar-refractivity contribution in [2.75, 3.05) is 37.6 Å². The zero-order chi connectivity index (χ0) is 23.1. The zero-order valence-electron chi connectivity index (χ0n) is 17.8. The first kappa shape index (κ1) is 21.6. The highest BCUT2D eigenvalue weighted by molar-refractivity contribution is 6.30. The lowest BCUT2D eigenvalue weighted by molar-refractivity contribution is -0.123. The Hall–Kier alpha value is -3.24. The summed E-state index contributed by atoms with van der Waals surface area (Å²) < 4.78 is 14.3. The molecule has 4 amide bonds. The zero-order valence-corrected chi connectivity index (χ0v) is 18.5. The summed E-state index contributed by atoms with van der Waals surface area (Å²) >= 11 is 5.88. The van der Waals surface area contributed by atoms with Crippen molar-refractivity contribution < 1.29 is 18.8 Å². The van der Waals surface area contributed by atoms with Gasteiger partial charge in [0.05, 0.1) is 18.1 Å². The first-order chi connectivity index (χ1) is 15.9. The third-order valence-corrected chi connectivity index (χ3v) is 6.47. The molecule has 5 rings (SSSR count). The lowest BCUT2D eigenvalue weighted by Crippen LogP contribution is -2.56. The highest BCUT2D eigenvalue weighted by Gasteiger charge is 2.37. The summed E-state index contributed by atoms with van der Waals surface area (Å²) in [7, 11) is 0. The Labute approximate surface area is 194 Å². The number of nitrogens with zero attached hydrogens (tertiary/aromatic N) is 5. The third kappa shape index (κ3) is 4.11. The van der Waals surface area contributed by atoms with Gasteiger partial charge in [-0.15, -0.1) is 0 Å². The molecule has 9 nitrogen and oxygen atoms in total. The van der Waals surface area contributed by atoms with Gasteiger partial charge >= 0.3 is 6.03 Å². The van der Waals surface area contributed by atoms with E-state index >= 15 is 0 Å². The molecule has 2 saturated heterocycles. The fourth-order valence-electron chi connectivity index (χ4n) is 4.44. The highest BCUT2D eigenvalue weighted by Crippen LogP contribution is 2.28. The van der Waals surface area contributed by atoms with Gasteiger partial charge in [0, 0.05) is 50.9 Å². The summed E-state index contributed by atoms with van der Waals surface area (Å²) in [6, 6.07) is 6.57. The number of rotatable bonds is 4. The molecule has 2 fully saturated rings. The van der Waals surface area contributed by atoms with E-state index in [1.165, 1.54) is 22.3 Å². The van der Waals surface area contributed by atoms with Gasteiger partial charge in [-0.1, -0.05) is 23.7 Å². The number of hydrazine groups is 1. The maximum Gasteiger partial charge on any atom is 0.342 e. The summed E-state index contributed by atoms with van der Waals surface area (Å²) in [6.45, 7) is 3.89. The van der Waals surface area contributed by atoms with Crippen LogP contribution in [0.1, 0.15) is 27.9 Å². The molecular weight excluding hydrogens is 451 g/mol. The van der Waals surface area contributed by atoms with E-state index in [4.69, 9.17) is 11.6 Å². The first-order valence-corrected chi connectivity index (χ1v) is 11.1. The van der Waals surface area contributed by atoms with Gasteiger partial charge < -0.3 is 4.90 Å². The molecule has 3 aliphatic heterocycles. The number of fused-ring (bicyclic) bond motifs is 1. The van der Waals surface area contributed by atoms with Crippen LogP contribution >= 0.6 is 11.6 Å². The molecule has 0 bridgehead atoms. The minimum absolute atomic E-state index is 0.0674. The van der Waals surface area contributed by atoms with E-state index in [1.807, 2.05) is 17.0 Å². The van der Waals surface area contributed by atoms with Crippen LogP contribution in [0.25, 0.3) is 0 Å². The molecule has 1 aromatic carbocycles. The van der Waals surface area contributed by atoms with Gasteiger partial charge in [-0.05, 0) is 23.3 Å². The van der Waals surface area contributed by atoms with E-state index in [0.29, 0.717) is 25.2 Å². The summed E-state index contributed by atoms with van der Waals surface area (Å²) in [4.78, 5) is 44.6. The van der Waals surface area contributed by atoms with Gasteiger partial charge in [0.1, 0.15) is 0 Å². The van der Waals surface area contributed by atoms with Crippen LogP contribution in [-0.4, -0.2) is 70.5 Å². The van der Waals surface area contributed by atoms with Crippen molar-refractivity contribution in [1.82, 2.24) is 25.2 Å². The number of amides is 4. The quantitative estimate of drug-likeness (QED) is 0.732. The number of carbonyl (C=O) groups is 3. The number of urea groups is 1. The maximum absolute atomic E-state index is 14.3. The van der Waals surface area contributed by atoms with Gasteiger partial charge in [-0.3, -0.25) is 19.8 Å². The normalized spacial score (nSPS) is 19.2. The van der Waals surface area contributed by atoms with Crippen LogP contribution in [0, 0.1) is 5.82 Å². The first-order valence-electron chi connectivity index (χ1n) is 10.7. The third-order valence-electron chi connectivity index (χ3n) is 6.18. The molecule has 1 aromatic heterocycles. The van der Waals surface area contributed by atoms with Gasteiger partial charge in [0.15, 0.2) is 11.6 Å². The molecule has 11 heteroatoms. The second-order valence-electron chi connectivity index (χ2n) is 8.27. The number of halogens is 2. The fourth-order valence-corrected chi connectivity index (χ4v) is 4.58. The van der Waals surface area contributed by atoms with Crippen molar-refractivity contribution in [3.8, 4) is 0 Å². The van der Waals surface area contributed by atoms with Crippen LogP contribution in [0.4, 0.5) is 15.0 Å². The van der Waals surface area contributed by atoms with Crippen molar-refractivity contribution in [2.24, 2.45) is 0 Å². The monoisotopic (exact) mass is 472 g/mol. The molecule has 0 saturated carbocycles. The predicted octanol–water partition coefficient (Wildman–Crippen LogP) is 2.01. The van der Waals surface area contributed by atoms with Crippen molar-refractivity contribution in [3.63, 3.8) is 0 Å². The molecule has 4 heterocycles. The van der Waals surface area contributed by atoms with Crippen molar-refractivity contribution in [3.05, 3.63) is 58.0 Å². The minimum Gasteiger partial charge on any atom is -0.352 e. The summed E-state index contributed by atoms with van der Waals surface area (Å²) in [5.74, 6) is -0.795. The number of imide groups is 1. The number of aromatic nitrogens is 1. The van der Waals surface area contributed by atoms with E-state index in [0.717, 1.165) is 24.2 Å². The molecule has 33 heavy (non-hydrogen) atoms. The number of nitrogens with one attached hydrogen (secondary N) is 1. The number of carbonyl (C=O) groups excluding carboxylic acids is 3. The van der Waals surface area contributed by atoms with Crippen LogP contribution in [0.2, 0.25) is 5.02 Å². The summed E-state index contributed by atoms with van der Waals surface area (Å²) in [5.41, 5.74) is 2.48. The fraction of sp³-hybridized carbons (Fsp3) is 0.364. The second-order valence-corrected chi connectivity index (χ2v) is 8.68. The lowest BCUT2D eigenvalue weighted by Gasteiger charge is -2.35. The predicted molar refractivity (Wildman–Crippen MR) is 118 cm³/mol. The molecule has 0 unspecified atom stereocenters. The largest absolute Gasteiger partial charge is 0.352 e. The van der Waals surface area contributed by atoms with Gasteiger partial charge in [-0.25, -0.2) is 24.2 Å². The molecule has 3 aliphatic rings. The highest BCUT2D eigenvalue weighted by atomic mass is 35.5. The number of pyridine rings is 1. The topological polar surface area (TPSA) is 89.1 Å². The number of benzene rings is 1. The van der Waals surface area contributed by atoms with Crippen LogP contribution in [-0.2, 0) is 17.9 Å². The molecule has 2 aromatic rings. The minimum atomic E-state index is -0.573. The van der Waals surface area contributed by atoms with Gasteiger partial charge in [-0.2, -0.15) is 0 Å². The van der Waals surface area contributed by atoms with E-state index in [-0.39, 0.29) is 42.2 Å². The smallest absolute Gasteiger partial charge is 0.342 e. The summed E-state index contributed by atoms with van der Waals surface area (Å²) in [6.07, 6.45) is 1.67. The van der Waals surface area contributed by atoms with E-state index in [1.54, 1.807) is 6.07 Å². The Bertz CT molecular complexity index is 1140. The molecule has 0 spiro atoms. The SMILES string of the molecule is O=C1CCN(N2Cc3cc(CN4CCN(c5nccc(Cl)c5F)CC4)ccc3C2=O)C(=O)N1. The average Bonchev–Trinajstić information content (AvgIpc) is 3.12. The Morgan fingerprint density at radius 3 is 2.58 bits per heavy atom. The molecule has 0 radical (unpaired) electrons. The molecule has 172 valence electrons.